The Labute approximate surface area is 160 Å². The number of nitrogens with zero attached hydrogens (tertiary/aromatic N) is 2. The van der Waals surface area contributed by atoms with Gasteiger partial charge in [-0.1, -0.05) is 34.1 Å². The van der Waals surface area contributed by atoms with Crippen molar-refractivity contribution in [2.24, 2.45) is 0 Å². The van der Waals surface area contributed by atoms with E-state index < -0.39 is 5.82 Å². The van der Waals surface area contributed by atoms with Gasteiger partial charge in [0.05, 0.1) is 0 Å². The Morgan fingerprint density at radius 3 is 2.46 bits per heavy atom. The minimum atomic E-state index is -0.555. The van der Waals surface area contributed by atoms with Gasteiger partial charge in [0.1, 0.15) is 5.82 Å². The average Bonchev–Trinajstić information content (AvgIpc) is 2.59. The van der Waals surface area contributed by atoms with Crippen LogP contribution in [0.25, 0.3) is 0 Å². The summed E-state index contributed by atoms with van der Waals surface area (Å²) in [6.45, 7) is 0.838. The number of rotatable bonds is 8. The van der Waals surface area contributed by atoms with Crippen molar-refractivity contribution in [3.63, 3.8) is 0 Å². The molecule has 0 saturated heterocycles. The van der Waals surface area contributed by atoms with Crippen molar-refractivity contribution in [1.82, 2.24) is 9.80 Å². The molecule has 0 bridgehead atoms. The molecule has 2 aromatic carbocycles. The van der Waals surface area contributed by atoms with Crippen molar-refractivity contribution in [3.05, 3.63) is 64.1 Å². The monoisotopic (exact) mass is 426 g/mol. The van der Waals surface area contributed by atoms with E-state index >= 15 is 0 Å². The van der Waals surface area contributed by atoms with Gasteiger partial charge >= 0.3 is 0 Å². The SMILES string of the molecule is CN(C)CCN(Cc1ccccc1F)C(=O)COc1ccc(Br)cc1F. The molecule has 0 unspecified atom stereocenters. The molecule has 0 spiro atoms. The molecule has 0 fully saturated rings. The van der Waals surface area contributed by atoms with Gasteiger partial charge in [0.2, 0.25) is 0 Å². The van der Waals surface area contributed by atoms with E-state index in [-0.39, 0.29) is 30.6 Å². The van der Waals surface area contributed by atoms with Gasteiger partial charge in [0, 0.05) is 29.7 Å². The van der Waals surface area contributed by atoms with Crippen LogP contribution >= 0.6 is 15.9 Å². The largest absolute Gasteiger partial charge is 0.481 e. The number of benzene rings is 2. The highest BCUT2D eigenvalue weighted by molar-refractivity contribution is 9.10. The molecule has 0 atom stereocenters. The summed E-state index contributed by atoms with van der Waals surface area (Å²) in [5.41, 5.74) is 0.425. The minimum Gasteiger partial charge on any atom is -0.481 e. The normalized spacial score (nSPS) is 10.8. The lowest BCUT2D eigenvalue weighted by Crippen LogP contribution is -2.39. The van der Waals surface area contributed by atoms with Crippen LogP contribution in [0, 0.1) is 11.6 Å². The van der Waals surface area contributed by atoms with Gasteiger partial charge in [0.25, 0.3) is 5.91 Å². The Bertz CT molecular complexity index is 756. The van der Waals surface area contributed by atoms with Crippen molar-refractivity contribution < 1.29 is 18.3 Å². The average molecular weight is 427 g/mol. The lowest BCUT2D eigenvalue weighted by Gasteiger charge is -2.25. The van der Waals surface area contributed by atoms with Gasteiger partial charge < -0.3 is 14.5 Å². The van der Waals surface area contributed by atoms with Gasteiger partial charge in [-0.05, 0) is 38.4 Å². The number of hydrogen-bond acceptors (Lipinski definition) is 3. The highest BCUT2D eigenvalue weighted by atomic mass is 79.9. The first-order chi connectivity index (χ1) is 12.4. The molecule has 0 N–H and O–H groups in total. The zero-order valence-electron chi connectivity index (χ0n) is 14.7. The smallest absolute Gasteiger partial charge is 0.260 e. The molecule has 140 valence electrons. The second kappa shape index (κ2) is 9.64. The third-order valence-corrected chi connectivity index (χ3v) is 4.23. The predicted octanol–water partition coefficient (Wildman–Crippen LogP) is 3.70. The summed E-state index contributed by atoms with van der Waals surface area (Å²) in [4.78, 5) is 16.0. The van der Waals surface area contributed by atoms with Gasteiger partial charge in [-0.2, -0.15) is 0 Å². The van der Waals surface area contributed by atoms with Crippen molar-refractivity contribution in [2.45, 2.75) is 6.54 Å². The molecule has 0 aliphatic heterocycles. The summed E-state index contributed by atoms with van der Waals surface area (Å²) in [6, 6.07) is 10.7. The Morgan fingerprint density at radius 2 is 1.81 bits per heavy atom. The van der Waals surface area contributed by atoms with E-state index in [0.717, 1.165) is 0 Å². The van der Waals surface area contributed by atoms with Crippen LogP contribution in [0.1, 0.15) is 5.56 Å². The molecule has 7 heteroatoms. The van der Waals surface area contributed by atoms with E-state index in [1.807, 2.05) is 19.0 Å². The molecule has 0 saturated carbocycles. The Kier molecular flexibility index (Phi) is 7.53. The quantitative estimate of drug-likeness (QED) is 0.644. The highest BCUT2D eigenvalue weighted by Crippen LogP contribution is 2.21. The zero-order chi connectivity index (χ0) is 19.1. The predicted molar refractivity (Wildman–Crippen MR) is 100.0 cm³/mol. The Balaban J connectivity index is 2.05. The van der Waals surface area contributed by atoms with Crippen LogP contribution in [0.4, 0.5) is 8.78 Å². The van der Waals surface area contributed by atoms with Crippen LogP contribution in [0.5, 0.6) is 5.75 Å². The molecule has 2 rings (SSSR count). The summed E-state index contributed by atoms with van der Waals surface area (Å²) < 4.78 is 33.6. The summed E-state index contributed by atoms with van der Waals surface area (Å²) in [6.07, 6.45) is 0. The lowest BCUT2D eigenvalue weighted by atomic mass is 10.2. The molecule has 0 aliphatic carbocycles. The summed E-state index contributed by atoms with van der Waals surface area (Å²) in [7, 11) is 3.78. The molecule has 26 heavy (non-hydrogen) atoms. The second-order valence-corrected chi connectivity index (χ2v) is 6.99. The van der Waals surface area contributed by atoms with Gasteiger partial charge in [0.15, 0.2) is 18.2 Å². The molecule has 1 amide bonds. The van der Waals surface area contributed by atoms with Crippen LogP contribution in [0.3, 0.4) is 0 Å². The molecule has 0 radical (unpaired) electrons. The maximum atomic E-state index is 13.9. The lowest BCUT2D eigenvalue weighted by molar-refractivity contribution is -0.134. The fourth-order valence-corrected chi connectivity index (χ4v) is 2.60. The van der Waals surface area contributed by atoms with Crippen molar-refractivity contribution in [3.8, 4) is 5.75 Å². The number of halogens is 3. The first-order valence-electron chi connectivity index (χ1n) is 8.10. The summed E-state index contributed by atoms with van der Waals surface area (Å²) in [5.74, 6) is -1.26. The van der Waals surface area contributed by atoms with Crippen molar-refractivity contribution in [1.29, 1.82) is 0 Å². The Morgan fingerprint density at radius 1 is 1.08 bits per heavy atom. The molecule has 0 aliphatic rings. The number of amides is 1. The third-order valence-electron chi connectivity index (χ3n) is 3.73. The molecule has 4 nitrogen and oxygen atoms in total. The van der Waals surface area contributed by atoms with Crippen LogP contribution in [0.15, 0.2) is 46.9 Å². The number of hydrogen-bond donors (Lipinski definition) is 0. The van der Waals surface area contributed by atoms with Crippen LogP contribution in [0.2, 0.25) is 0 Å². The zero-order valence-corrected chi connectivity index (χ0v) is 16.3. The molecule has 0 heterocycles. The first-order valence-corrected chi connectivity index (χ1v) is 8.90. The van der Waals surface area contributed by atoms with Crippen molar-refractivity contribution >= 4 is 21.8 Å². The van der Waals surface area contributed by atoms with E-state index in [1.165, 1.54) is 23.1 Å². The second-order valence-electron chi connectivity index (χ2n) is 6.07. The topological polar surface area (TPSA) is 32.8 Å². The first kappa shape index (κ1) is 20.3. The molecule has 0 aromatic heterocycles. The number of ether oxygens (including phenoxy) is 1. The van der Waals surface area contributed by atoms with Gasteiger partial charge in [-0.3, -0.25) is 4.79 Å². The van der Waals surface area contributed by atoms with Crippen LogP contribution < -0.4 is 4.74 Å². The molecular formula is C19H21BrF2N2O2. The van der Waals surface area contributed by atoms with E-state index in [4.69, 9.17) is 4.74 Å². The standard InChI is InChI=1S/C19H21BrF2N2O2/c1-23(2)9-10-24(12-14-5-3-4-6-16(14)21)19(25)13-26-18-8-7-15(20)11-17(18)22/h3-8,11H,9-10,12-13H2,1-2H3. The van der Waals surface area contributed by atoms with Crippen LogP contribution in [-0.2, 0) is 11.3 Å². The fourth-order valence-electron chi connectivity index (χ4n) is 2.27. The maximum Gasteiger partial charge on any atom is 0.260 e. The summed E-state index contributed by atoms with van der Waals surface area (Å²) in [5, 5.41) is 0. The van der Waals surface area contributed by atoms with Crippen LogP contribution in [-0.4, -0.2) is 49.5 Å². The molecule has 2 aromatic rings. The molecular weight excluding hydrogens is 406 g/mol. The highest BCUT2D eigenvalue weighted by Gasteiger charge is 2.17. The van der Waals surface area contributed by atoms with E-state index in [9.17, 15) is 13.6 Å². The number of carbonyl (C=O) groups is 1. The number of likely N-dealkylation sites (N-methyl/N-ethyl adjacent to an activating group) is 1. The maximum absolute atomic E-state index is 13.9. The van der Waals surface area contributed by atoms with E-state index in [0.29, 0.717) is 23.1 Å². The van der Waals surface area contributed by atoms with E-state index in [1.54, 1.807) is 24.3 Å². The minimum absolute atomic E-state index is 0.00000115. The van der Waals surface area contributed by atoms with Crippen molar-refractivity contribution in [2.75, 3.05) is 33.8 Å². The van der Waals surface area contributed by atoms with E-state index in [2.05, 4.69) is 15.9 Å². The fraction of sp³-hybridized carbons (Fsp3) is 0.316. The Hall–Kier alpha value is -1.99. The number of carbonyl (C=O) groups excluding carboxylic acids is 1. The third kappa shape index (κ3) is 6.07. The summed E-state index contributed by atoms with van der Waals surface area (Å²) >= 11 is 3.17. The van der Waals surface area contributed by atoms with Gasteiger partial charge in [-0.25, -0.2) is 8.78 Å². The van der Waals surface area contributed by atoms with Gasteiger partial charge in [-0.15, -0.1) is 0 Å².